The zero-order valence-electron chi connectivity index (χ0n) is 11.4. The first kappa shape index (κ1) is 13.8. The van der Waals surface area contributed by atoms with Crippen molar-refractivity contribution in [1.82, 2.24) is 10.1 Å². The van der Waals surface area contributed by atoms with Crippen molar-refractivity contribution in [3.63, 3.8) is 0 Å². The molecule has 4 nitrogen and oxygen atoms in total. The maximum Gasteiger partial charge on any atom is 0.261 e. The molecule has 0 aliphatic rings. The number of aromatic nitrogens is 2. The monoisotopic (exact) mass is 344 g/mol. The molecule has 1 heterocycles. The zero-order valence-corrected chi connectivity index (χ0v) is 13.0. The summed E-state index contributed by atoms with van der Waals surface area (Å²) in [5.74, 6) is 1.02. The molecule has 21 heavy (non-hydrogen) atoms. The lowest BCUT2D eigenvalue weighted by molar-refractivity contribution is 0.418. The van der Waals surface area contributed by atoms with Crippen molar-refractivity contribution in [2.75, 3.05) is 0 Å². The molecule has 2 aromatic carbocycles. The van der Waals surface area contributed by atoms with Gasteiger partial charge in [0.1, 0.15) is 5.75 Å². The van der Waals surface area contributed by atoms with E-state index in [4.69, 9.17) is 4.52 Å². The molecule has 0 bridgehead atoms. The molecule has 3 rings (SSSR count). The lowest BCUT2D eigenvalue weighted by Gasteiger charge is -1.99. The number of hydrogen-bond acceptors (Lipinski definition) is 4. The number of phenolic OH excluding ortho intramolecular Hbond substituents is 1. The molecule has 3 aromatic rings. The Hall–Kier alpha value is -2.14. The van der Waals surface area contributed by atoms with Gasteiger partial charge in [-0.1, -0.05) is 50.9 Å². The van der Waals surface area contributed by atoms with Gasteiger partial charge in [0.25, 0.3) is 5.89 Å². The largest absolute Gasteiger partial charge is 0.507 e. The second-order valence-corrected chi connectivity index (χ2v) is 5.76. The van der Waals surface area contributed by atoms with Gasteiger partial charge in [0.2, 0.25) is 0 Å². The van der Waals surface area contributed by atoms with Crippen LogP contribution in [0.2, 0.25) is 0 Å². The number of halogens is 1. The van der Waals surface area contributed by atoms with Crippen LogP contribution in [0.15, 0.2) is 51.5 Å². The molecule has 0 amide bonds. The molecule has 0 atom stereocenters. The summed E-state index contributed by atoms with van der Waals surface area (Å²) < 4.78 is 6.03. The van der Waals surface area contributed by atoms with Crippen LogP contribution >= 0.6 is 15.9 Å². The van der Waals surface area contributed by atoms with Crippen LogP contribution in [0.3, 0.4) is 0 Å². The molecule has 1 N–H and O–H groups in total. The molecule has 0 aliphatic carbocycles. The summed E-state index contributed by atoms with van der Waals surface area (Å²) in [6, 6.07) is 13.3. The molecule has 0 radical (unpaired) electrons. The van der Waals surface area contributed by atoms with Crippen LogP contribution in [-0.2, 0) is 6.42 Å². The molecule has 106 valence electrons. The number of aromatic hydroxyl groups is 1. The van der Waals surface area contributed by atoms with E-state index in [-0.39, 0.29) is 5.75 Å². The van der Waals surface area contributed by atoms with Crippen molar-refractivity contribution in [2.45, 2.75) is 13.3 Å². The molecule has 0 aliphatic heterocycles. The summed E-state index contributed by atoms with van der Waals surface area (Å²) in [5.41, 5.74) is 2.86. The predicted molar refractivity (Wildman–Crippen MR) is 83.1 cm³/mol. The maximum absolute atomic E-state index is 9.92. The molecule has 0 saturated heterocycles. The average Bonchev–Trinajstić information content (AvgIpc) is 2.90. The minimum atomic E-state index is 0.106. The van der Waals surface area contributed by atoms with E-state index in [0.29, 0.717) is 23.7 Å². The highest BCUT2D eigenvalue weighted by atomic mass is 79.9. The van der Waals surface area contributed by atoms with Crippen LogP contribution in [0.25, 0.3) is 11.5 Å². The first-order valence-electron chi connectivity index (χ1n) is 6.49. The maximum atomic E-state index is 9.92. The molecule has 0 saturated carbocycles. The Morgan fingerprint density at radius 2 is 1.90 bits per heavy atom. The van der Waals surface area contributed by atoms with Crippen LogP contribution in [0, 0.1) is 6.92 Å². The van der Waals surface area contributed by atoms with Gasteiger partial charge in [-0.3, -0.25) is 0 Å². The highest BCUT2D eigenvalue weighted by Crippen LogP contribution is 2.30. The van der Waals surface area contributed by atoms with Crippen molar-refractivity contribution in [3.05, 3.63) is 63.9 Å². The van der Waals surface area contributed by atoms with Crippen LogP contribution in [0.5, 0.6) is 5.75 Å². The minimum absolute atomic E-state index is 0.106. The predicted octanol–water partition coefficient (Wildman–Crippen LogP) is 4.10. The van der Waals surface area contributed by atoms with Crippen molar-refractivity contribution in [3.8, 4) is 17.2 Å². The van der Waals surface area contributed by atoms with Crippen molar-refractivity contribution in [1.29, 1.82) is 0 Å². The van der Waals surface area contributed by atoms with Gasteiger partial charge in [-0.25, -0.2) is 0 Å². The van der Waals surface area contributed by atoms with E-state index in [2.05, 4.69) is 38.2 Å². The number of hydrogen-bond donors (Lipinski definition) is 1. The summed E-state index contributed by atoms with van der Waals surface area (Å²) in [6.45, 7) is 2.05. The first-order valence-corrected chi connectivity index (χ1v) is 7.28. The van der Waals surface area contributed by atoms with Crippen LogP contribution in [0.1, 0.15) is 17.0 Å². The standard InChI is InChI=1S/C16H13BrN2O2/c1-10-2-4-11(5-3-10)8-15-18-16(21-19-15)13-7-6-12(17)9-14(13)20/h2-7,9,20H,8H2,1H3. The average molecular weight is 345 g/mol. The van der Waals surface area contributed by atoms with Crippen molar-refractivity contribution >= 4 is 15.9 Å². The van der Waals surface area contributed by atoms with E-state index in [1.54, 1.807) is 12.1 Å². The van der Waals surface area contributed by atoms with Gasteiger partial charge in [0.15, 0.2) is 5.82 Å². The van der Waals surface area contributed by atoms with E-state index >= 15 is 0 Å². The fourth-order valence-electron chi connectivity index (χ4n) is 2.01. The number of nitrogens with zero attached hydrogens (tertiary/aromatic N) is 2. The summed E-state index contributed by atoms with van der Waals surface area (Å²) >= 11 is 3.30. The third-order valence-corrected chi connectivity index (χ3v) is 3.63. The van der Waals surface area contributed by atoms with E-state index < -0.39 is 0 Å². The lowest BCUT2D eigenvalue weighted by atomic mass is 10.1. The van der Waals surface area contributed by atoms with Gasteiger partial charge in [-0.2, -0.15) is 4.98 Å². The minimum Gasteiger partial charge on any atom is -0.507 e. The molecule has 1 aromatic heterocycles. The number of phenols is 1. The topological polar surface area (TPSA) is 59.2 Å². The summed E-state index contributed by atoms with van der Waals surface area (Å²) in [7, 11) is 0. The van der Waals surface area contributed by atoms with Crippen LogP contribution in [0.4, 0.5) is 0 Å². The Bertz CT molecular complexity index is 766. The molecule has 5 heteroatoms. The Labute approximate surface area is 130 Å². The summed E-state index contributed by atoms with van der Waals surface area (Å²) in [4.78, 5) is 4.34. The van der Waals surface area contributed by atoms with Gasteiger partial charge in [-0.05, 0) is 30.7 Å². The Morgan fingerprint density at radius 3 is 2.62 bits per heavy atom. The van der Waals surface area contributed by atoms with Gasteiger partial charge in [0.05, 0.1) is 5.56 Å². The smallest absolute Gasteiger partial charge is 0.261 e. The molecule has 0 spiro atoms. The van der Waals surface area contributed by atoms with Gasteiger partial charge < -0.3 is 9.63 Å². The highest BCUT2D eigenvalue weighted by molar-refractivity contribution is 9.10. The highest BCUT2D eigenvalue weighted by Gasteiger charge is 2.13. The zero-order chi connectivity index (χ0) is 14.8. The third kappa shape index (κ3) is 3.13. The Balaban J connectivity index is 1.84. The fraction of sp³-hybridized carbons (Fsp3) is 0.125. The second kappa shape index (κ2) is 5.69. The van der Waals surface area contributed by atoms with E-state index in [1.165, 1.54) is 5.56 Å². The molecular formula is C16H13BrN2O2. The van der Waals surface area contributed by atoms with Crippen molar-refractivity contribution in [2.24, 2.45) is 0 Å². The third-order valence-electron chi connectivity index (χ3n) is 3.14. The van der Waals surface area contributed by atoms with Gasteiger partial charge >= 0.3 is 0 Å². The summed E-state index contributed by atoms with van der Waals surface area (Å²) in [6.07, 6.45) is 0.598. The van der Waals surface area contributed by atoms with E-state index in [9.17, 15) is 5.11 Å². The molecule has 0 unspecified atom stereocenters. The van der Waals surface area contributed by atoms with Gasteiger partial charge in [0, 0.05) is 10.9 Å². The van der Waals surface area contributed by atoms with Gasteiger partial charge in [-0.15, -0.1) is 0 Å². The van der Waals surface area contributed by atoms with Crippen LogP contribution in [-0.4, -0.2) is 15.2 Å². The van der Waals surface area contributed by atoms with E-state index in [0.717, 1.165) is 10.0 Å². The summed E-state index contributed by atoms with van der Waals surface area (Å²) in [5, 5.41) is 13.9. The second-order valence-electron chi connectivity index (χ2n) is 4.84. The molecule has 0 fully saturated rings. The number of aryl methyl sites for hydroxylation is 1. The number of rotatable bonds is 3. The lowest BCUT2D eigenvalue weighted by Crippen LogP contribution is -1.90. The molecular weight excluding hydrogens is 332 g/mol. The SMILES string of the molecule is Cc1ccc(Cc2noc(-c3ccc(Br)cc3O)n2)cc1. The Kier molecular flexibility index (Phi) is 3.75. The Morgan fingerprint density at radius 1 is 1.14 bits per heavy atom. The van der Waals surface area contributed by atoms with Crippen molar-refractivity contribution < 1.29 is 9.63 Å². The van der Waals surface area contributed by atoms with Crippen LogP contribution < -0.4 is 0 Å². The normalized spacial score (nSPS) is 10.8. The first-order chi connectivity index (χ1) is 10.1. The number of benzene rings is 2. The van der Waals surface area contributed by atoms with E-state index in [1.807, 2.05) is 25.1 Å². The fourth-order valence-corrected chi connectivity index (χ4v) is 2.36. The quantitative estimate of drug-likeness (QED) is 0.776.